The molecule has 1 aromatic rings. The summed E-state index contributed by atoms with van der Waals surface area (Å²) < 4.78 is 0. The molecule has 6 heteroatoms. The fourth-order valence-electron chi connectivity index (χ4n) is 0.687. The maximum atomic E-state index is 11.0. The highest BCUT2D eigenvalue weighted by Crippen LogP contribution is 2.16. The molecule has 0 saturated heterocycles. The molecule has 0 aromatic carbocycles. The first-order chi connectivity index (χ1) is 6.19. The van der Waals surface area contributed by atoms with Crippen LogP contribution in [0.3, 0.4) is 0 Å². The van der Waals surface area contributed by atoms with E-state index >= 15 is 0 Å². The number of nitrogens with one attached hydrogen (secondary N) is 1. The molecule has 68 valence electrons. The Labute approximate surface area is 84.2 Å². The van der Waals surface area contributed by atoms with E-state index in [9.17, 15) is 4.79 Å². The van der Waals surface area contributed by atoms with Gasteiger partial charge in [0.15, 0.2) is 5.16 Å². The summed E-state index contributed by atoms with van der Waals surface area (Å²) in [7, 11) is 0. The Balaban J connectivity index is 3.12. The molecule has 1 heterocycles. The molecule has 0 aliphatic rings. The van der Waals surface area contributed by atoms with Crippen LogP contribution in [-0.4, -0.2) is 28.2 Å². The quantitative estimate of drug-likeness (QED) is 0.274. The van der Waals surface area contributed by atoms with Crippen molar-refractivity contribution >= 4 is 35.4 Å². The molecule has 0 radical (unpaired) electrons. The number of carbonyl (C=O) groups excluding carboxylic acids is 1. The van der Waals surface area contributed by atoms with Crippen molar-refractivity contribution in [2.45, 2.75) is 5.16 Å². The zero-order valence-corrected chi connectivity index (χ0v) is 8.32. The van der Waals surface area contributed by atoms with Crippen LogP contribution in [0, 0.1) is 5.41 Å². The van der Waals surface area contributed by atoms with Crippen LogP contribution in [0.25, 0.3) is 0 Å². The van der Waals surface area contributed by atoms with Gasteiger partial charge in [-0.15, -0.1) is 0 Å². The Bertz CT molecular complexity index is 356. The summed E-state index contributed by atoms with van der Waals surface area (Å²) in [5.41, 5.74) is 0.162. The maximum absolute atomic E-state index is 11.0. The van der Waals surface area contributed by atoms with Crippen LogP contribution >= 0.6 is 23.4 Å². The Morgan fingerprint density at radius 1 is 1.77 bits per heavy atom. The number of hydrogen-bond donors (Lipinski definition) is 1. The molecule has 0 aliphatic carbocycles. The van der Waals surface area contributed by atoms with Gasteiger partial charge in [0.1, 0.15) is 5.15 Å². The number of aromatic nitrogens is 2. The highest BCUT2D eigenvalue weighted by molar-refractivity contribution is 7.98. The first-order valence-corrected chi connectivity index (χ1v) is 4.90. The van der Waals surface area contributed by atoms with Gasteiger partial charge in [0.25, 0.3) is 0 Å². The van der Waals surface area contributed by atoms with E-state index in [2.05, 4.69) is 9.97 Å². The van der Waals surface area contributed by atoms with Gasteiger partial charge < -0.3 is 5.41 Å². The van der Waals surface area contributed by atoms with Crippen molar-refractivity contribution in [3.05, 3.63) is 16.9 Å². The molecule has 13 heavy (non-hydrogen) atoms. The van der Waals surface area contributed by atoms with E-state index in [0.29, 0.717) is 11.4 Å². The first kappa shape index (κ1) is 10.1. The minimum atomic E-state index is -0.488. The summed E-state index contributed by atoms with van der Waals surface area (Å²) in [6, 6.07) is 0. The number of halogens is 1. The highest BCUT2D eigenvalue weighted by atomic mass is 35.5. The molecule has 0 bridgehead atoms. The Morgan fingerprint density at radius 2 is 2.46 bits per heavy atom. The first-order valence-electron chi connectivity index (χ1n) is 3.30. The largest absolute Gasteiger partial charge is 0.305 e. The monoisotopic (exact) mass is 215 g/mol. The lowest BCUT2D eigenvalue weighted by molar-refractivity contribution is 0.106. The summed E-state index contributed by atoms with van der Waals surface area (Å²) in [5.74, 6) is -0.488. The van der Waals surface area contributed by atoms with Gasteiger partial charge in [-0.05, 0) is 6.26 Å². The molecular weight excluding hydrogens is 210 g/mol. The maximum Gasteiger partial charge on any atom is 0.207 e. The molecule has 0 aliphatic heterocycles. The highest BCUT2D eigenvalue weighted by Gasteiger charge is 2.10. The van der Waals surface area contributed by atoms with Crippen molar-refractivity contribution in [2.75, 3.05) is 6.26 Å². The molecule has 0 atom stereocenters. The normalized spacial score (nSPS) is 9.69. The van der Waals surface area contributed by atoms with Crippen molar-refractivity contribution in [1.82, 2.24) is 9.97 Å². The Hall–Kier alpha value is -0.940. The van der Waals surface area contributed by atoms with E-state index in [-0.39, 0.29) is 10.7 Å². The van der Waals surface area contributed by atoms with Crippen LogP contribution < -0.4 is 0 Å². The van der Waals surface area contributed by atoms with E-state index < -0.39 is 5.78 Å². The third-order valence-corrected chi connectivity index (χ3v) is 2.15. The second-order valence-electron chi connectivity index (χ2n) is 2.07. The average molecular weight is 216 g/mol. The van der Waals surface area contributed by atoms with Gasteiger partial charge in [0, 0.05) is 6.20 Å². The van der Waals surface area contributed by atoms with Crippen molar-refractivity contribution in [1.29, 1.82) is 5.41 Å². The molecule has 0 fully saturated rings. The zero-order chi connectivity index (χ0) is 9.84. The van der Waals surface area contributed by atoms with Gasteiger partial charge in [-0.3, -0.25) is 4.79 Å². The van der Waals surface area contributed by atoms with Crippen LogP contribution in [0.4, 0.5) is 0 Å². The minimum Gasteiger partial charge on any atom is -0.305 e. The Morgan fingerprint density at radius 3 is 2.92 bits per heavy atom. The molecule has 0 amide bonds. The lowest BCUT2D eigenvalue weighted by Gasteiger charge is -1.99. The molecule has 4 nitrogen and oxygen atoms in total. The number of thioether (sulfide) groups is 1. The van der Waals surface area contributed by atoms with Gasteiger partial charge in [-0.1, -0.05) is 23.4 Å². The third kappa shape index (κ3) is 2.26. The molecule has 0 unspecified atom stereocenters. The summed E-state index contributed by atoms with van der Waals surface area (Å²) in [6.45, 7) is 0. The predicted octanol–water partition coefficient (Wildman–Crippen LogP) is 1.68. The second-order valence-corrected chi connectivity index (χ2v) is 3.20. The number of carbonyl (C=O) groups is 1. The topological polar surface area (TPSA) is 66.7 Å². The zero-order valence-electron chi connectivity index (χ0n) is 6.74. The van der Waals surface area contributed by atoms with Crippen molar-refractivity contribution < 1.29 is 4.79 Å². The van der Waals surface area contributed by atoms with E-state index in [0.717, 1.165) is 0 Å². The summed E-state index contributed by atoms with van der Waals surface area (Å²) >= 11 is 7.03. The van der Waals surface area contributed by atoms with Crippen molar-refractivity contribution in [3.63, 3.8) is 0 Å². The number of Topliss-reactive ketones (excluding diaryl/α,β-unsaturated/α-hetero) is 1. The fraction of sp³-hybridized carbons (Fsp3) is 0.143. The molecule has 0 spiro atoms. The number of nitrogens with zero attached hydrogens (tertiary/aromatic N) is 2. The van der Waals surface area contributed by atoms with Crippen LogP contribution in [-0.2, 0) is 0 Å². The summed E-state index contributed by atoms with van der Waals surface area (Å²) in [4.78, 5) is 18.7. The van der Waals surface area contributed by atoms with Gasteiger partial charge in [-0.25, -0.2) is 9.97 Å². The van der Waals surface area contributed by atoms with E-state index in [1.54, 1.807) is 0 Å². The number of hydrogen-bond acceptors (Lipinski definition) is 5. The van der Waals surface area contributed by atoms with E-state index in [4.69, 9.17) is 17.0 Å². The number of rotatable bonds is 3. The van der Waals surface area contributed by atoms with Crippen LogP contribution in [0.5, 0.6) is 0 Å². The Kier molecular flexibility index (Phi) is 3.39. The molecule has 1 rings (SSSR count). The average Bonchev–Trinajstić information content (AvgIpc) is 2.16. The predicted molar refractivity (Wildman–Crippen MR) is 51.9 cm³/mol. The smallest absolute Gasteiger partial charge is 0.207 e. The standard InChI is InChI=1S/C7H6ClN3OS/c1-13-7-10-3-4(5(12)2-9)6(8)11-7/h2-3,9H,1H3. The molecule has 0 saturated carbocycles. The number of ketones is 1. The SMILES string of the molecule is CSc1ncc(C(=O)C=N)c(Cl)n1. The minimum absolute atomic E-state index is 0.0906. The van der Waals surface area contributed by atoms with Gasteiger partial charge >= 0.3 is 0 Å². The van der Waals surface area contributed by atoms with Gasteiger partial charge in [-0.2, -0.15) is 0 Å². The van der Waals surface area contributed by atoms with Crippen LogP contribution in [0.2, 0.25) is 5.15 Å². The summed E-state index contributed by atoms with van der Waals surface area (Å²) in [5, 5.41) is 7.34. The molecule has 1 aromatic heterocycles. The van der Waals surface area contributed by atoms with Gasteiger partial charge in [0.2, 0.25) is 5.78 Å². The van der Waals surface area contributed by atoms with Crippen molar-refractivity contribution in [2.24, 2.45) is 0 Å². The van der Waals surface area contributed by atoms with E-state index in [1.165, 1.54) is 18.0 Å². The van der Waals surface area contributed by atoms with Crippen LogP contribution in [0.15, 0.2) is 11.4 Å². The van der Waals surface area contributed by atoms with Crippen molar-refractivity contribution in [3.8, 4) is 0 Å². The van der Waals surface area contributed by atoms with Gasteiger partial charge in [0.05, 0.1) is 11.8 Å². The lowest BCUT2D eigenvalue weighted by Crippen LogP contribution is -2.03. The molecular formula is C7H6ClN3OS. The van der Waals surface area contributed by atoms with E-state index in [1.807, 2.05) is 6.26 Å². The lowest BCUT2D eigenvalue weighted by atomic mass is 10.2. The fourth-order valence-corrected chi connectivity index (χ4v) is 1.30. The van der Waals surface area contributed by atoms with Crippen LogP contribution in [0.1, 0.15) is 10.4 Å². The molecule has 1 N–H and O–H groups in total. The second kappa shape index (κ2) is 4.34. The summed E-state index contributed by atoms with van der Waals surface area (Å²) in [6.07, 6.45) is 3.82. The third-order valence-electron chi connectivity index (χ3n) is 1.30.